The molecule has 0 aliphatic carbocycles. The lowest BCUT2D eigenvalue weighted by molar-refractivity contribution is 0.172. The summed E-state index contributed by atoms with van der Waals surface area (Å²) < 4.78 is 16.5. The zero-order valence-corrected chi connectivity index (χ0v) is 14.3. The molecule has 0 saturated carbocycles. The summed E-state index contributed by atoms with van der Waals surface area (Å²) in [6, 6.07) is 12.3. The Morgan fingerprint density at radius 3 is 2.40 bits per heavy atom. The second-order valence-corrected chi connectivity index (χ2v) is 6.12. The summed E-state index contributed by atoms with van der Waals surface area (Å²) in [7, 11) is 1.60. The standard InChI is InChI=1S/C21H18O4/c1-5-21(2,3)25-16-10-11-17-19(12-16)24-13-18(20(17)22)14-6-8-15(23-4)9-7-14/h1,6-13H,2-4H3. The van der Waals surface area contributed by atoms with Crippen molar-refractivity contribution < 1.29 is 13.9 Å². The number of hydrogen-bond donors (Lipinski definition) is 0. The van der Waals surface area contributed by atoms with E-state index < -0.39 is 5.60 Å². The molecule has 0 fully saturated rings. The van der Waals surface area contributed by atoms with Crippen LogP contribution in [0.3, 0.4) is 0 Å². The predicted molar refractivity (Wildman–Crippen MR) is 98.0 cm³/mol. The van der Waals surface area contributed by atoms with Crippen molar-refractivity contribution in [2.75, 3.05) is 7.11 Å². The molecule has 0 unspecified atom stereocenters. The van der Waals surface area contributed by atoms with E-state index >= 15 is 0 Å². The molecular formula is C21H18O4. The van der Waals surface area contributed by atoms with Gasteiger partial charge in [0.15, 0.2) is 11.0 Å². The van der Waals surface area contributed by atoms with E-state index in [0.29, 0.717) is 22.3 Å². The molecular weight excluding hydrogens is 316 g/mol. The van der Waals surface area contributed by atoms with E-state index in [1.54, 1.807) is 51.3 Å². The Morgan fingerprint density at radius 2 is 1.76 bits per heavy atom. The Bertz CT molecular complexity index is 1000. The van der Waals surface area contributed by atoms with Crippen LogP contribution in [-0.4, -0.2) is 12.7 Å². The molecule has 0 amide bonds. The maximum atomic E-state index is 12.8. The lowest BCUT2D eigenvalue weighted by atomic mass is 10.1. The number of ether oxygens (including phenoxy) is 2. The molecule has 0 atom stereocenters. The molecule has 0 aliphatic rings. The van der Waals surface area contributed by atoms with E-state index in [1.165, 1.54) is 6.26 Å². The van der Waals surface area contributed by atoms with Crippen LogP contribution in [0.25, 0.3) is 22.1 Å². The number of methoxy groups -OCH3 is 1. The van der Waals surface area contributed by atoms with Gasteiger partial charge in [-0.1, -0.05) is 18.1 Å². The van der Waals surface area contributed by atoms with Gasteiger partial charge in [0.25, 0.3) is 0 Å². The highest BCUT2D eigenvalue weighted by molar-refractivity contribution is 5.82. The molecule has 25 heavy (non-hydrogen) atoms. The zero-order valence-electron chi connectivity index (χ0n) is 14.3. The normalized spacial score (nSPS) is 11.1. The van der Waals surface area contributed by atoms with Crippen LogP contribution in [0.2, 0.25) is 0 Å². The van der Waals surface area contributed by atoms with Crippen molar-refractivity contribution in [2.45, 2.75) is 19.4 Å². The predicted octanol–water partition coefficient (Wildman–Crippen LogP) is 4.26. The van der Waals surface area contributed by atoms with Crippen LogP contribution in [-0.2, 0) is 0 Å². The minimum absolute atomic E-state index is 0.103. The van der Waals surface area contributed by atoms with Crippen LogP contribution >= 0.6 is 0 Å². The number of terminal acetylenes is 1. The summed E-state index contributed by atoms with van der Waals surface area (Å²) in [6.07, 6.45) is 6.90. The molecule has 3 rings (SSSR count). The SMILES string of the molecule is C#CC(C)(C)Oc1ccc2c(=O)c(-c3ccc(OC)cc3)coc2c1. The number of fused-ring (bicyclic) bond motifs is 1. The smallest absolute Gasteiger partial charge is 0.200 e. The maximum Gasteiger partial charge on any atom is 0.200 e. The molecule has 0 saturated heterocycles. The fourth-order valence-corrected chi connectivity index (χ4v) is 2.47. The highest BCUT2D eigenvalue weighted by Gasteiger charge is 2.17. The highest BCUT2D eigenvalue weighted by Crippen LogP contribution is 2.26. The molecule has 126 valence electrons. The van der Waals surface area contributed by atoms with Gasteiger partial charge in [-0.25, -0.2) is 0 Å². The zero-order chi connectivity index (χ0) is 18.0. The molecule has 2 aromatic carbocycles. The Morgan fingerprint density at radius 1 is 1.08 bits per heavy atom. The molecule has 1 aromatic heterocycles. The lowest BCUT2D eigenvalue weighted by Gasteiger charge is -2.20. The van der Waals surface area contributed by atoms with Gasteiger partial charge in [0.2, 0.25) is 0 Å². The van der Waals surface area contributed by atoms with Gasteiger partial charge in [-0.15, -0.1) is 6.42 Å². The fourth-order valence-electron chi connectivity index (χ4n) is 2.47. The summed E-state index contributed by atoms with van der Waals surface area (Å²) in [5.74, 6) is 3.84. The third-order valence-electron chi connectivity index (χ3n) is 3.87. The van der Waals surface area contributed by atoms with E-state index in [-0.39, 0.29) is 5.43 Å². The first-order chi connectivity index (χ1) is 11.9. The average molecular weight is 334 g/mol. The van der Waals surface area contributed by atoms with E-state index in [0.717, 1.165) is 11.3 Å². The monoisotopic (exact) mass is 334 g/mol. The topological polar surface area (TPSA) is 48.7 Å². The van der Waals surface area contributed by atoms with Crippen molar-refractivity contribution >= 4 is 11.0 Å². The molecule has 0 bridgehead atoms. The Hall–Kier alpha value is -3.19. The largest absolute Gasteiger partial charge is 0.497 e. The van der Waals surface area contributed by atoms with E-state index in [2.05, 4.69) is 5.92 Å². The van der Waals surface area contributed by atoms with Crippen LogP contribution in [0, 0.1) is 12.3 Å². The first kappa shape index (κ1) is 16.7. The van der Waals surface area contributed by atoms with Gasteiger partial charge in [0.1, 0.15) is 23.3 Å². The van der Waals surface area contributed by atoms with E-state index in [4.69, 9.17) is 20.3 Å². The quantitative estimate of drug-likeness (QED) is 0.669. The van der Waals surface area contributed by atoms with Crippen LogP contribution in [0.5, 0.6) is 11.5 Å². The Kier molecular flexibility index (Phi) is 4.24. The lowest BCUT2D eigenvalue weighted by Crippen LogP contribution is -2.25. The van der Waals surface area contributed by atoms with E-state index in [1.807, 2.05) is 12.1 Å². The third kappa shape index (κ3) is 3.36. The maximum absolute atomic E-state index is 12.8. The van der Waals surface area contributed by atoms with Crippen LogP contribution in [0.1, 0.15) is 13.8 Å². The van der Waals surface area contributed by atoms with Crippen LogP contribution in [0.15, 0.2) is 57.9 Å². The van der Waals surface area contributed by atoms with Gasteiger partial charge < -0.3 is 13.9 Å². The first-order valence-corrected chi connectivity index (χ1v) is 7.80. The summed E-state index contributed by atoms with van der Waals surface area (Å²) in [6.45, 7) is 3.58. The molecule has 4 heteroatoms. The fraction of sp³-hybridized carbons (Fsp3) is 0.190. The molecule has 0 radical (unpaired) electrons. The van der Waals surface area contributed by atoms with Gasteiger partial charge in [-0.05, 0) is 43.7 Å². The molecule has 4 nitrogen and oxygen atoms in total. The summed E-state index contributed by atoms with van der Waals surface area (Å²) in [5, 5.41) is 0.485. The second kappa shape index (κ2) is 6.37. The van der Waals surface area contributed by atoms with Crippen molar-refractivity contribution in [1.82, 2.24) is 0 Å². The highest BCUT2D eigenvalue weighted by atomic mass is 16.5. The summed E-state index contributed by atoms with van der Waals surface area (Å²) >= 11 is 0. The van der Waals surface area contributed by atoms with Crippen molar-refractivity contribution in [3.8, 4) is 35.0 Å². The van der Waals surface area contributed by atoms with Crippen molar-refractivity contribution in [3.05, 3.63) is 59.0 Å². The summed E-state index contributed by atoms with van der Waals surface area (Å²) in [4.78, 5) is 12.8. The molecule has 0 spiro atoms. The van der Waals surface area contributed by atoms with Gasteiger partial charge in [-0.3, -0.25) is 4.79 Å². The molecule has 0 aliphatic heterocycles. The minimum Gasteiger partial charge on any atom is -0.497 e. The molecule has 0 N–H and O–H groups in total. The summed E-state index contributed by atoms with van der Waals surface area (Å²) in [5.41, 5.74) is 0.872. The number of hydrogen-bond acceptors (Lipinski definition) is 4. The second-order valence-electron chi connectivity index (χ2n) is 6.12. The van der Waals surface area contributed by atoms with Crippen LogP contribution < -0.4 is 14.9 Å². The van der Waals surface area contributed by atoms with Crippen molar-refractivity contribution in [1.29, 1.82) is 0 Å². The average Bonchev–Trinajstić information content (AvgIpc) is 2.62. The van der Waals surface area contributed by atoms with Crippen molar-refractivity contribution in [3.63, 3.8) is 0 Å². The van der Waals surface area contributed by atoms with Gasteiger partial charge in [-0.2, -0.15) is 0 Å². The molecule has 3 aromatic rings. The van der Waals surface area contributed by atoms with Crippen molar-refractivity contribution in [2.24, 2.45) is 0 Å². The van der Waals surface area contributed by atoms with Gasteiger partial charge >= 0.3 is 0 Å². The minimum atomic E-state index is -0.739. The van der Waals surface area contributed by atoms with Gasteiger partial charge in [0, 0.05) is 6.07 Å². The van der Waals surface area contributed by atoms with Gasteiger partial charge in [0.05, 0.1) is 18.1 Å². The number of rotatable bonds is 4. The third-order valence-corrected chi connectivity index (χ3v) is 3.87. The van der Waals surface area contributed by atoms with Crippen LogP contribution in [0.4, 0.5) is 0 Å². The Balaban J connectivity index is 2.03. The van der Waals surface area contributed by atoms with E-state index in [9.17, 15) is 4.79 Å². The molecule has 1 heterocycles. The number of benzene rings is 2. The first-order valence-electron chi connectivity index (χ1n) is 7.80. The Labute approximate surface area is 146 Å².